The maximum Gasteiger partial charge on any atom is 0.141 e. The number of aryl methyl sites for hydroxylation is 3. The number of likely N-dealkylation sites (tertiary alicyclic amines) is 1. The number of aromatic nitrogens is 4. The number of hydrogen-bond acceptors (Lipinski definition) is 4. The van der Waals surface area contributed by atoms with Crippen LogP contribution in [-0.2, 0) is 6.42 Å². The van der Waals surface area contributed by atoms with Gasteiger partial charge in [-0.1, -0.05) is 18.9 Å². The fourth-order valence-electron chi connectivity index (χ4n) is 4.19. The van der Waals surface area contributed by atoms with Gasteiger partial charge in [0.25, 0.3) is 0 Å². The van der Waals surface area contributed by atoms with E-state index in [-0.39, 0.29) is 0 Å². The Hall–Kier alpha value is -2.27. The summed E-state index contributed by atoms with van der Waals surface area (Å²) in [5.41, 5.74) is 5.26. The molecule has 0 amide bonds. The molecule has 1 fully saturated rings. The van der Waals surface area contributed by atoms with Gasteiger partial charge in [-0.3, -0.25) is 0 Å². The van der Waals surface area contributed by atoms with E-state index < -0.39 is 0 Å². The summed E-state index contributed by atoms with van der Waals surface area (Å²) in [6, 6.07) is 6.27. The second kappa shape index (κ2) is 8.39. The zero-order chi connectivity index (χ0) is 19.5. The van der Waals surface area contributed by atoms with E-state index in [1.807, 2.05) is 6.20 Å². The Kier molecular flexibility index (Phi) is 5.72. The van der Waals surface area contributed by atoms with Gasteiger partial charge in [0.2, 0.25) is 0 Å². The summed E-state index contributed by atoms with van der Waals surface area (Å²) in [6.07, 6.45) is 9.42. The summed E-state index contributed by atoms with van der Waals surface area (Å²) < 4.78 is 0. The Bertz CT molecular complexity index is 937. The summed E-state index contributed by atoms with van der Waals surface area (Å²) in [5.74, 6) is 2.72. The Morgan fingerprint density at radius 1 is 1.11 bits per heavy atom. The first-order valence-corrected chi connectivity index (χ1v) is 10.6. The van der Waals surface area contributed by atoms with E-state index in [1.54, 1.807) is 0 Å². The number of fused-ring (bicyclic) bond motifs is 1. The molecule has 3 aromatic rings. The van der Waals surface area contributed by atoms with E-state index >= 15 is 0 Å². The van der Waals surface area contributed by atoms with Crippen molar-refractivity contribution in [3.8, 4) is 11.4 Å². The first-order chi connectivity index (χ1) is 13.6. The average molecular weight is 378 g/mol. The number of rotatable bonds is 6. The molecule has 3 heterocycles. The molecule has 1 aromatic carbocycles. The number of benzene rings is 1. The summed E-state index contributed by atoms with van der Waals surface area (Å²) in [4.78, 5) is 19.9. The van der Waals surface area contributed by atoms with Gasteiger partial charge in [-0.05, 0) is 76.9 Å². The molecule has 1 aliphatic rings. The topological polar surface area (TPSA) is 57.7 Å². The highest BCUT2D eigenvalue weighted by Gasteiger charge is 2.16. The number of hydrogen-bond donors (Lipinski definition) is 1. The third kappa shape index (κ3) is 4.41. The van der Waals surface area contributed by atoms with Crippen molar-refractivity contribution in [1.29, 1.82) is 0 Å². The van der Waals surface area contributed by atoms with Crippen molar-refractivity contribution in [3.63, 3.8) is 0 Å². The van der Waals surface area contributed by atoms with E-state index in [4.69, 9.17) is 9.97 Å². The maximum absolute atomic E-state index is 4.75. The van der Waals surface area contributed by atoms with Gasteiger partial charge in [0, 0.05) is 12.6 Å². The molecule has 0 aliphatic carbocycles. The van der Waals surface area contributed by atoms with Gasteiger partial charge in [-0.25, -0.2) is 15.0 Å². The molecule has 1 aliphatic heterocycles. The van der Waals surface area contributed by atoms with Gasteiger partial charge >= 0.3 is 0 Å². The van der Waals surface area contributed by atoms with E-state index in [0.717, 1.165) is 46.3 Å². The zero-order valence-electron chi connectivity index (χ0n) is 17.3. The third-order valence-corrected chi connectivity index (χ3v) is 6.02. The highest BCUT2D eigenvalue weighted by molar-refractivity contribution is 5.80. The molecule has 5 heteroatoms. The predicted molar refractivity (Wildman–Crippen MR) is 114 cm³/mol. The molecule has 28 heavy (non-hydrogen) atoms. The van der Waals surface area contributed by atoms with Crippen molar-refractivity contribution in [2.75, 3.05) is 20.1 Å². The van der Waals surface area contributed by atoms with Crippen molar-refractivity contribution in [1.82, 2.24) is 24.8 Å². The van der Waals surface area contributed by atoms with Crippen LogP contribution in [0.25, 0.3) is 22.4 Å². The van der Waals surface area contributed by atoms with Gasteiger partial charge in [-0.15, -0.1) is 0 Å². The lowest BCUT2D eigenvalue weighted by atomic mass is 9.91. The van der Waals surface area contributed by atoms with Crippen LogP contribution in [0.2, 0.25) is 0 Å². The van der Waals surface area contributed by atoms with Crippen LogP contribution in [0.4, 0.5) is 0 Å². The monoisotopic (exact) mass is 377 g/mol. The SMILES string of the molecule is Cc1ccc2nc(-c3cnc(CCCCC4CCN(C)CC4)nc3C)[nH]c2c1. The molecule has 5 nitrogen and oxygen atoms in total. The maximum atomic E-state index is 4.75. The fourth-order valence-corrected chi connectivity index (χ4v) is 4.19. The van der Waals surface area contributed by atoms with E-state index in [2.05, 4.69) is 54.0 Å². The van der Waals surface area contributed by atoms with Gasteiger partial charge in [-0.2, -0.15) is 0 Å². The van der Waals surface area contributed by atoms with Gasteiger partial charge in [0.15, 0.2) is 0 Å². The zero-order valence-corrected chi connectivity index (χ0v) is 17.3. The quantitative estimate of drug-likeness (QED) is 0.633. The number of unbranched alkanes of at least 4 members (excludes halogenated alkanes) is 1. The van der Waals surface area contributed by atoms with Crippen LogP contribution in [0.1, 0.15) is 49.2 Å². The predicted octanol–water partition coefficient (Wildman–Crippen LogP) is 4.69. The Morgan fingerprint density at radius 3 is 2.71 bits per heavy atom. The molecule has 1 N–H and O–H groups in total. The van der Waals surface area contributed by atoms with Crippen molar-refractivity contribution >= 4 is 11.0 Å². The van der Waals surface area contributed by atoms with Crippen molar-refractivity contribution < 1.29 is 0 Å². The molecular formula is C23H31N5. The number of imidazole rings is 1. The molecule has 1 saturated heterocycles. The Balaban J connectivity index is 1.34. The van der Waals surface area contributed by atoms with Crippen LogP contribution in [-0.4, -0.2) is 45.0 Å². The molecule has 148 valence electrons. The molecule has 0 radical (unpaired) electrons. The van der Waals surface area contributed by atoms with Crippen LogP contribution in [0.3, 0.4) is 0 Å². The molecule has 0 unspecified atom stereocenters. The fraction of sp³-hybridized carbons (Fsp3) is 0.522. The van der Waals surface area contributed by atoms with E-state index in [1.165, 1.54) is 50.8 Å². The summed E-state index contributed by atoms with van der Waals surface area (Å²) in [6.45, 7) is 6.67. The minimum Gasteiger partial charge on any atom is -0.338 e. The second-order valence-corrected chi connectivity index (χ2v) is 8.38. The summed E-state index contributed by atoms with van der Waals surface area (Å²) in [5, 5.41) is 0. The minimum absolute atomic E-state index is 0.854. The first-order valence-electron chi connectivity index (χ1n) is 10.6. The lowest BCUT2D eigenvalue weighted by Gasteiger charge is -2.28. The van der Waals surface area contributed by atoms with Gasteiger partial charge < -0.3 is 9.88 Å². The number of nitrogens with one attached hydrogen (secondary N) is 1. The third-order valence-electron chi connectivity index (χ3n) is 6.02. The second-order valence-electron chi connectivity index (χ2n) is 8.38. The number of H-pyrrole nitrogens is 1. The van der Waals surface area contributed by atoms with Crippen LogP contribution in [0, 0.1) is 19.8 Å². The molecule has 0 saturated carbocycles. The van der Waals surface area contributed by atoms with E-state index in [9.17, 15) is 0 Å². The normalized spacial score (nSPS) is 16.1. The molecule has 4 rings (SSSR count). The molecule has 0 spiro atoms. The number of nitrogens with zero attached hydrogens (tertiary/aromatic N) is 4. The van der Waals surface area contributed by atoms with E-state index in [0.29, 0.717) is 0 Å². The van der Waals surface area contributed by atoms with Crippen LogP contribution < -0.4 is 0 Å². The molecule has 2 aromatic heterocycles. The van der Waals surface area contributed by atoms with Crippen LogP contribution >= 0.6 is 0 Å². The Labute approximate surface area is 167 Å². The first kappa shape index (κ1) is 19.1. The Morgan fingerprint density at radius 2 is 1.93 bits per heavy atom. The molecule has 0 bridgehead atoms. The molecular weight excluding hydrogens is 346 g/mol. The van der Waals surface area contributed by atoms with Gasteiger partial charge in [0.1, 0.15) is 11.6 Å². The van der Waals surface area contributed by atoms with Crippen molar-refractivity contribution in [2.24, 2.45) is 5.92 Å². The van der Waals surface area contributed by atoms with Crippen molar-refractivity contribution in [2.45, 2.75) is 52.4 Å². The molecule has 0 atom stereocenters. The minimum atomic E-state index is 0.854. The largest absolute Gasteiger partial charge is 0.338 e. The average Bonchev–Trinajstić information content (AvgIpc) is 3.09. The van der Waals surface area contributed by atoms with Crippen LogP contribution in [0.15, 0.2) is 24.4 Å². The lowest BCUT2D eigenvalue weighted by molar-refractivity contribution is 0.209. The number of piperidine rings is 1. The highest BCUT2D eigenvalue weighted by atomic mass is 15.1. The summed E-state index contributed by atoms with van der Waals surface area (Å²) >= 11 is 0. The summed E-state index contributed by atoms with van der Waals surface area (Å²) in [7, 11) is 2.23. The highest BCUT2D eigenvalue weighted by Crippen LogP contribution is 2.24. The lowest BCUT2D eigenvalue weighted by Crippen LogP contribution is -2.30. The standard InChI is InChI=1S/C23H31N5/c1-16-8-9-20-21(14-16)27-23(26-20)19-15-24-22(25-17(19)2)7-5-4-6-18-10-12-28(3)13-11-18/h8-9,14-15,18H,4-7,10-13H2,1-3H3,(H,26,27). The number of aromatic amines is 1. The van der Waals surface area contributed by atoms with Gasteiger partial charge in [0.05, 0.1) is 22.3 Å². The smallest absolute Gasteiger partial charge is 0.141 e. The van der Waals surface area contributed by atoms with Crippen LogP contribution in [0.5, 0.6) is 0 Å². The van der Waals surface area contributed by atoms with Crippen molar-refractivity contribution in [3.05, 3.63) is 41.5 Å².